The van der Waals surface area contributed by atoms with Crippen LogP contribution in [0.25, 0.3) is 0 Å². The third kappa shape index (κ3) is 2.38. The summed E-state index contributed by atoms with van der Waals surface area (Å²) in [6, 6.07) is 8.76. The van der Waals surface area contributed by atoms with Gasteiger partial charge in [-0.05, 0) is 36.8 Å². The minimum absolute atomic E-state index is 0.0379. The molecule has 3 heteroatoms. The Balaban J connectivity index is 1.80. The van der Waals surface area contributed by atoms with Gasteiger partial charge in [-0.2, -0.15) is 0 Å². The van der Waals surface area contributed by atoms with E-state index in [0.29, 0.717) is 0 Å². The van der Waals surface area contributed by atoms with Crippen LogP contribution in [0.15, 0.2) is 36.4 Å². The van der Waals surface area contributed by atoms with Crippen molar-refractivity contribution in [2.45, 2.75) is 37.8 Å². The van der Waals surface area contributed by atoms with Crippen LogP contribution in [0.4, 0.5) is 0 Å². The second kappa shape index (κ2) is 5.41. The number of nitrogens with two attached hydrogens (primary N) is 1. The van der Waals surface area contributed by atoms with Crippen molar-refractivity contribution in [2.75, 3.05) is 7.05 Å². The van der Waals surface area contributed by atoms with Crippen molar-refractivity contribution < 1.29 is 4.79 Å². The van der Waals surface area contributed by atoms with Gasteiger partial charge in [0.05, 0.1) is 12.0 Å². The highest BCUT2D eigenvalue weighted by Crippen LogP contribution is 2.34. The molecule has 1 aromatic carbocycles. The summed E-state index contributed by atoms with van der Waals surface area (Å²) in [5.41, 5.74) is 8.57. The van der Waals surface area contributed by atoms with E-state index in [1.54, 1.807) is 0 Å². The zero-order valence-electron chi connectivity index (χ0n) is 12.0. The molecule has 2 N–H and O–H groups in total. The van der Waals surface area contributed by atoms with Crippen LogP contribution in [0.3, 0.4) is 0 Å². The number of benzene rings is 1. The summed E-state index contributed by atoms with van der Waals surface area (Å²) in [5.74, 6) is 0.167. The van der Waals surface area contributed by atoms with Crippen LogP contribution in [0.5, 0.6) is 0 Å². The van der Waals surface area contributed by atoms with Crippen LogP contribution >= 0.6 is 0 Å². The molecule has 0 aromatic heterocycles. The Hall–Kier alpha value is -1.61. The Morgan fingerprint density at radius 3 is 2.85 bits per heavy atom. The topological polar surface area (TPSA) is 46.3 Å². The van der Waals surface area contributed by atoms with Crippen LogP contribution in [0.2, 0.25) is 0 Å². The van der Waals surface area contributed by atoms with Crippen molar-refractivity contribution in [1.29, 1.82) is 0 Å². The number of hydrogen-bond acceptors (Lipinski definition) is 2. The Bertz CT molecular complexity index is 538. The Labute approximate surface area is 120 Å². The predicted octanol–water partition coefficient (Wildman–Crippen LogP) is 2.43. The van der Waals surface area contributed by atoms with E-state index in [4.69, 9.17) is 5.73 Å². The molecule has 2 aliphatic carbocycles. The number of carbonyl (C=O) groups excluding carboxylic acids is 1. The molecule has 0 radical (unpaired) electrons. The van der Waals surface area contributed by atoms with Gasteiger partial charge in [0.15, 0.2) is 0 Å². The van der Waals surface area contributed by atoms with Gasteiger partial charge in [0.25, 0.3) is 0 Å². The highest BCUT2D eigenvalue weighted by atomic mass is 16.2. The summed E-state index contributed by atoms with van der Waals surface area (Å²) in [7, 11) is 1.94. The molecular weight excluding hydrogens is 248 g/mol. The van der Waals surface area contributed by atoms with Crippen LogP contribution in [-0.2, 0) is 11.2 Å². The van der Waals surface area contributed by atoms with Gasteiger partial charge in [-0.3, -0.25) is 4.79 Å². The van der Waals surface area contributed by atoms with Gasteiger partial charge in [-0.25, -0.2) is 0 Å². The molecule has 2 aliphatic rings. The van der Waals surface area contributed by atoms with E-state index >= 15 is 0 Å². The molecule has 0 saturated carbocycles. The van der Waals surface area contributed by atoms with Crippen molar-refractivity contribution in [2.24, 2.45) is 11.7 Å². The van der Waals surface area contributed by atoms with Gasteiger partial charge in [0.1, 0.15) is 0 Å². The van der Waals surface area contributed by atoms with Gasteiger partial charge < -0.3 is 10.6 Å². The van der Waals surface area contributed by atoms with Crippen molar-refractivity contribution in [3.05, 3.63) is 47.5 Å². The summed E-state index contributed by atoms with van der Waals surface area (Å²) >= 11 is 0. The van der Waals surface area contributed by atoms with Crippen LogP contribution in [0, 0.1) is 5.92 Å². The number of amides is 1. The lowest BCUT2D eigenvalue weighted by Crippen LogP contribution is -2.37. The fourth-order valence-corrected chi connectivity index (χ4v) is 3.46. The molecule has 0 bridgehead atoms. The maximum Gasteiger partial charge on any atom is 0.229 e. The first-order valence-electron chi connectivity index (χ1n) is 7.45. The molecular formula is C17H22N2O. The summed E-state index contributed by atoms with van der Waals surface area (Å²) in [5, 5.41) is 0. The van der Waals surface area contributed by atoms with Crippen molar-refractivity contribution >= 4 is 5.91 Å². The molecule has 3 atom stereocenters. The molecule has 1 aromatic rings. The molecule has 0 fully saturated rings. The van der Waals surface area contributed by atoms with Crippen LogP contribution < -0.4 is 5.73 Å². The minimum atomic E-state index is -0.0379. The number of rotatable bonds is 2. The lowest BCUT2D eigenvalue weighted by atomic mass is 9.86. The third-order valence-corrected chi connectivity index (χ3v) is 4.59. The number of nitrogens with zero attached hydrogens (tertiary/aromatic N) is 1. The van der Waals surface area contributed by atoms with E-state index < -0.39 is 0 Å². The first-order valence-corrected chi connectivity index (χ1v) is 7.45. The number of carbonyl (C=O) groups is 1. The van der Waals surface area contributed by atoms with Crippen molar-refractivity contribution in [3.8, 4) is 0 Å². The smallest absolute Gasteiger partial charge is 0.229 e. The maximum atomic E-state index is 12.6. The van der Waals surface area contributed by atoms with E-state index in [-0.39, 0.29) is 23.9 Å². The molecule has 1 amide bonds. The number of hydrogen-bond donors (Lipinski definition) is 1. The van der Waals surface area contributed by atoms with E-state index in [0.717, 1.165) is 25.7 Å². The summed E-state index contributed by atoms with van der Waals surface area (Å²) in [4.78, 5) is 14.6. The van der Waals surface area contributed by atoms with Gasteiger partial charge in [-0.15, -0.1) is 0 Å². The van der Waals surface area contributed by atoms with Crippen molar-refractivity contribution in [3.63, 3.8) is 0 Å². The fourth-order valence-electron chi connectivity index (χ4n) is 3.46. The Kier molecular flexibility index (Phi) is 3.62. The zero-order chi connectivity index (χ0) is 14.1. The first-order chi connectivity index (χ1) is 9.66. The monoisotopic (exact) mass is 270 g/mol. The molecule has 106 valence electrons. The standard InChI is InChI=1S/C17H22N2O/c1-19(17(20)13-9-10-14(18)11-13)16-8-4-6-12-5-2-3-7-15(12)16/h2-3,5,7,9-10,13-14,16H,4,6,8,11,18H2,1H3. The fraction of sp³-hybridized carbons (Fsp3) is 0.471. The van der Waals surface area contributed by atoms with Gasteiger partial charge in [0, 0.05) is 13.1 Å². The molecule has 20 heavy (non-hydrogen) atoms. The number of aryl methyl sites for hydroxylation is 1. The predicted molar refractivity (Wildman–Crippen MR) is 80.1 cm³/mol. The molecule has 0 spiro atoms. The molecule has 3 nitrogen and oxygen atoms in total. The first kappa shape index (κ1) is 13.4. The number of fused-ring (bicyclic) bond motifs is 1. The van der Waals surface area contributed by atoms with E-state index in [1.807, 2.05) is 24.1 Å². The second-order valence-corrected chi connectivity index (χ2v) is 5.95. The normalized spacial score (nSPS) is 28.2. The van der Waals surface area contributed by atoms with E-state index in [2.05, 4.69) is 24.3 Å². The minimum Gasteiger partial charge on any atom is -0.338 e. The van der Waals surface area contributed by atoms with Crippen molar-refractivity contribution in [1.82, 2.24) is 4.90 Å². The Morgan fingerprint density at radius 2 is 2.10 bits per heavy atom. The second-order valence-electron chi connectivity index (χ2n) is 5.95. The maximum absolute atomic E-state index is 12.6. The molecule has 3 unspecified atom stereocenters. The Morgan fingerprint density at radius 1 is 1.30 bits per heavy atom. The molecule has 3 rings (SSSR count). The molecule has 0 saturated heterocycles. The SMILES string of the molecule is CN(C(=O)C1C=CC(N)C1)C1CCCc2ccccc21. The third-order valence-electron chi connectivity index (χ3n) is 4.59. The van der Waals surface area contributed by atoms with Gasteiger partial charge in [-0.1, -0.05) is 36.4 Å². The highest BCUT2D eigenvalue weighted by molar-refractivity contribution is 5.81. The summed E-state index contributed by atoms with van der Waals surface area (Å²) in [6.45, 7) is 0. The average Bonchev–Trinajstić information content (AvgIpc) is 2.91. The van der Waals surface area contributed by atoms with Gasteiger partial charge >= 0.3 is 0 Å². The largest absolute Gasteiger partial charge is 0.338 e. The van der Waals surface area contributed by atoms with E-state index in [1.165, 1.54) is 11.1 Å². The lowest BCUT2D eigenvalue weighted by Gasteiger charge is -2.34. The summed E-state index contributed by atoms with van der Waals surface area (Å²) < 4.78 is 0. The highest BCUT2D eigenvalue weighted by Gasteiger charge is 2.31. The van der Waals surface area contributed by atoms with Crippen LogP contribution in [0.1, 0.15) is 36.4 Å². The average molecular weight is 270 g/mol. The summed E-state index contributed by atoms with van der Waals surface area (Å²) in [6.07, 6.45) is 8.00. The van der Waals surface area contributed by atoms with Crippen LogP contribution in [-0.4, -0.2) is 23.9 Å². The zero-order valence-corrected chi connectivity index (χ0v) is 12.0. The van der Waals surface area contributed by atoms with E-state index in [9.17, 15) is 4.79 Å². The molecule has 0 heterocycles. The van der Waals surface area contributed by atoms with Gasteiger partial charge in [0.2, 0.25) is 5.91 Å². The quantitative estimate of drug-likeness (QED) is 0.839. The molecule has 0 aliphatic heterocycles. The lowest BCUT2D eigenvalue weighted by molar-refractivity contribution is -0.135.